The maximum atomic E-state index is 5.58. The lowest BCUT2D eigenvalue weighted by Crippen LogP contribution is -2.12. The number of halogens is 1. The van der Waals surface area contributed by atoms with Crippen LogP contribution in [0.2, 0.25) is 0 Å². The highest BCUT2D eigenvalue weighted by Crippen LogP contribution is 2.32. The molecule has 0 aliphatic heterocycles. The minimum absolute atomic E-state index is 0.476. The summed E-state index contributed by atoms with van der Waals surface area (Å²) in [6.07, 6.45) is 1.58. The van der Waals surface area contributed by atoms with E-state index in [-0.39, 0.29) is 0 Å². The third-order valence-corrected chi connectivity index (χ3v) is 3.77. The fourth-order valence-electron chi connectivity index (χ4n) is 2.09. The highest BCUT2D eigenvalue weighted by atomic mass is 79.9. The van der Waals surface area contributed by atoms with Crippen molar-refractivity contribution in [1.29, 1.82) is 0 Å². The monoisotopic (exact) mass is 344 g/mol. The molecule has 0 aliphatic rings. The quantitative estimate of drug-likeness (QED) is 0.558. The molecular formula is C15H13BrN4O. The Balaban J connectivity index is 2.23. The van der Waals surface area contributed by atoms with Crippen molar-refractivity contribution in [1.82, 2.24) is 9.97 Å². The summed E-state index contributed by atoms with van der Waals surface area (Å²) in [6, 6.07) is 11.7. The Bertz CT molecular complexity index is 771. The first kappa shape index (κ1) is 13.8. The molecule has 2 aromatic heterocycles. The molecule has 21 heavy (non-hydrogen) atoms. The standard InChI is InChI=1S/C15H13BrN4O/c1-9-12(10-5-3-2-4-6-10)18-15(19-14(9)20-17)13-11(16)7-8-21-13/h2-8H,17H2,1H3,(H,18,19,20). The van der Waals surface area contributed by atoms with Gasteiger partial charge in [-0.1, -0.05) is 30.3 Å². The zero-order valence-corrected chi connectivity index (χ0v) is 12.9. The smallest absolute Gasteiger partial charge is 0.199 e. The number of aromatic nitrogens is 2. The van der Waals surface area contributed by atoms with Crippen LogP contribution in [0.5, 0.6) is 0 Å². The van der Waals surface area contributed by atoms with Crippen LogP contribution >= 0.6 is 15.9 Å². The molecule has 3 N–H and O–H groups in total. The number of nitrogens with one attached hydrogen (secondary N) is 1. The van der Waals surface area contributed by atoms with Crippen LogP contribution in [0.4, 0.5) is 5.82 Å². The van der Waals surface area contributed by atoms with Gasteiger partial charge in [-0.15, -0.1) is 0 Å². The van der Waals surface area contributed by atoms with E-state index in [1.165, 1.54) is 0 Å². The molecule has 3 aromatic rings. The number of hydrogen-bond donors (Lipinski definition) is 2. The fourth-order valence-corrected chi connectivity index (χ4v) is 2.47. The molecule has 0 amide bonds. The first-order chi connectivity index (χ1) is 10.2. The van der Waals surface area contributed by atoms with Gasteiger partial charge in [0.25, 0.3) is 0 Å². The molecule has 3 rings (SSSR count). The van der Waals surface area contributed by atoms with Gasteiger partial charge in [0.05, 0.1) is 16.4 Å². The number of hydrogen-bond acceptors (Lipinski definition) is 5. The van der Waals surface area contributed by atoms with Crippen molar-refractivity contribution < 1.29 is 4.42 Å². The van der Waals surface area contributed by atoms with Crippen molar-refractivity contribution in [3.8, 4) is 22.8 Å². The van der Waals surface area contributed by atoms with Crippen molar-refractivity contribution in [2.75, 3.05) is 5.43 Å². The number of benzene rings is 1. The van der Waals surface area contributed by atoms with Gasteiger partial charge in [-0.05, 0) is 28.9 Å². The maximum Gasteiger partial charge on any atom is 0.199 e. The van der Waals surface area contributed by atoms with Gasteiger partial charge >= 0.3 is 0 Å². The van der Waals surface area contributed by atoms with E-state index < -0.39 is 0 Å². The Morgan fingerprint density at radius 1 is 1.14 bits per heavy atom. The number of anilines is 1. The minimum Gasteiger partial charge on any atom is -0.460 e. The van der Waals surface area contributed by atoms with Crippen LogP contribution in [-0.4, -0.2) is 9.97 Å². The number of hydrazine groups is 1. The van der Waals surface area contributed by atoms with E-state index in [1.807, 2.05) is 37.3 Å². The predicted molar refractivity (Wildman–Crippen MR) is 85.4 cm³/mol. The molecule has 0 saturated heterocycles. The van der Waals surface area contributed by atoms with Crippen LogP contribution < -0.4 is 11.3 Å². The lowest BCUT2D eigenvalue weighted by atomic mass is 10.1. The number of nitrogens with two attached hydrogens (primary N) is 1. The highest BCUT2D eigenvalue weighted by molar-refractivity contribution is 9.10. The molecule has 0 saturated carbocycles. The van der Waals surface area contributed by atoms with Crippen LogP contribution in [0.15, 0.2) is 51.6 Å². The zero-order valence-electron chi connectivity index (χ0n) is 11.3. The summed E-state index contributed by atoms with van der Waals surface area (Å²) in [5.74, 6) is 7.20. The van der Waals surface area contributed by atoms with Crippen molar-refractivity contribution in [3.63, 3.8) is 0 Å². The second-order valence-electron chi connectivity index (χ2n) is 4.48. The lowest BCUT2D eigenvalue weighted by Gasteiger charge is -2.11. The molecule has 0 bridgehead atoms. The van der Waals surface area contributed by atoms with Crippen LogP contribution in [0.1, 0.15) is 5.56 Å². The number of rotatable bonds is 3. The fraction of sp³-hybridized carbons (Fsp3) is 0.0667. The average Bonchev–Trinajstić information content (AvgIpc) is 2.94. The van der Waals surface area contributed by atoms with E-state index in [4.69, 9.17) is 10.3 Å². The Hall–Kier alpha value is -2.18. The van der Waals surface area contributed by atoms with Gasteiger partial charge < -0.3 is 9.84 Å². The summed E-state index contributed by atoms with van der Waals surface area (Å²) in [7, 11) is 0. The third-order valence-electron chi connectivity index (χ3n) is 3.15. The van der Waals surface area contributed by atoms with E-state index in [0.717, 1.165) is 21.3 Å². The van der Waals surface area contributed by atoms with Gasteiger partial charge in [0, 0.05) is 11.1 Å². The van der Waals surface area contributed by atoms with Crippen LogP contribution in [0.25, 0.3) is 22.8 Å². The molecule has 1 aromatic carbocycles. The summed E-state index contributed by atoms with van der Waals surface area (Å²) in [6.45, 7) is 1.93. The molecule has 106 valence electrons. The second kappa shape index (κ2) is 5.67. The molecule has 0 fully saturated rings. The van der Waals surface area contributed by atoms with Crippen LogP contribution in [0, 0.1) is 6.92 Å². The first-order valence-corrected chi connectivity index (χ1v) is 7.14. The van der Waals surface area contributed by atoms with E-state index in [0.29, 0.717) is 17.4 Å². The average molecular weight is 345 g/mol. The van der Waals surface area contributed by atoms with Gasteiger partial charge in [-0.3, -0.25) is 0 Å². The van der Waals surface area contributed by atoms with Crippen LogP contribution in [-0.2, 0) is 0 Å². The first-order valence-electron chi connectivity index (χ1n) is 6.34. The van der Waals surface area contributed by atoms with E-state index in [1.54, 1.807) is 12.3 Å². The third kappa shape index (κ3) is 2.55. The van der Waals surface area contributed by atoms with Gasteiger partial charge in [-0.2, -0.15) is 0 Å². The molecule has 0 atom stereocenters. The SMILES string of the molecule is Cc1c(NN)nc(-c2occc2Br)nc1-c1ccccc1. The van der Waals surface area contributed by atoms with Crippen molar-refractivity contribution in [2.24, 2.45) is 5.84 Å². The van der Waals surface area contributed by atoms with Gasteiger partial charge in [0.2, 0.25) is 0 Å². The Labute approximate surface area is 130 Å². The highest BCUT2D eigenvalue weighted by Gasteiger charge is 2.16. The summed E-state index contributed by atoms with van der Waals surface area (Å²) in [5, 5.41) is 0. The summed E-state index contributed by atoms with van der Waals surface area (Å²) >= 11 is 3.42. The summed E-state index contributed by atoms with van der Waals surface area (Å²) in [4.78, 5) is 9.03. The predicted octanol–water partition coefficient (Wildman–Crippen LogP) is 3.76. The molecule has 0 spiro atoms. The number of furan rings is 1. The number of nitrogen functional groups attached to an aromatic ring is 1. The van der Waals surface area contributed by atoms with Gasteiger partial charge in [0.15, 0.2) is 11.6 Å². The largest absolute Gasteiger partial charge is 0.460 e. The Morgan fingerprint density at radius 3 is 2.52 bits per heavy atom. The van der Waals surface area contributed by atoms with Gasteiger partial charge in [0.1, 0.15) is 5.82 Å². The van der Waals surface area contributed by atoms with E-state index in [2.05, 4.69) is 31.3 Å². The second-order valence-corrected chi connectivity index (χ2v) is 5.33. The molecule has 6 heteroatoms. The van der Waals surface area contributed by atoms with Crippen molar-refractivity contribution in [3.05, 3.63) is 52.7 Å². The molecular weight excluding hydrogens is 332 g/mol. The van der Waals surface area contributed by atoms with E-state index in [9.17, 15) is 0 Å². The Kier molecular flexibility index (Phi) is 3.72. The molecule has 0 unspecified atom stereocenters. The molecule has 2 heterocycles. The van der Waals surface area contributed by atoms with Crippen molar-refractivity contribution >= 4 is 21.7 Å². The van der Waals surface area contributed by atoms with E-state index >= 15 is 0 Å². The van der Waals surface area contributed by atoms with Crippen LogP contribution in [0.3, 0.4) is 0 Å². The van der Waals surface area contributed by atoms with Gasteiger partial charge in [-0.25, -0.2) is 15.8 Å². The van der Waals surface area contributed by atoms with Crippen molar-refractivity contribution in [2.45, 2.75) is 6.92 Å². The normalized spacial score (nSPS) is 10.6. The summed E-state index contributed by atoms with van der Waals surface area (Å²) < 4.78 is 6.24. The Morgan fingerprint density at radius 2 is 1.90 bits per heavy atom. The topological polar surface area (TPSA) is 77.0 Å². The lowest BCUT2D eigenvalue weighted by molar-refractivity contribution is 0.576. The number of nitrogens with zero attached hydrogens (tertiary/aromatic N) is 2. The molecule has 0 radical (unpaired) electrons. The zero-order chi connectivity index (χ0) is 14.8. The minimum atomic E-state index is 0.476. The molecule has 5 nitrogen and oxygen atoms in total. The maximum absolute atomic E-state index is 5.58. The summed E-state index contributed by atoms with van der Waals surface area (Å²) in [5.41, 5.74) is 5.32. The molecule has 0 aliphatic carbocycles.